The highest BCUT2D eigenvalue weighted by Crippen LogP contribution is 2.26. The van der Waals surface area contributed by atoms with Crippen LogP contribution in [0.1, 0.15) is 32.6 Å². The third-order valence-corrected chi connectivity index (χ3v) is 3.01. The fraction of sp³-hybridized carbons (Fsp3) is 1.00. The SMILES string of the molecule is CCC(CCCC(OC)(OC)OC)C(O)(O)O. The van der Waals surface area contributed by atoms with E-state index in [1.807, 2.05) is 0 Å². The molecule has 3 N–H and O–H groups in total. The van der Waals surface area contributed by atoms with E-state index in [9.17, 15) is 0 Å². The van der Waals surface area contributed by atoms with Gasteiger partial charge in [0.25, 0.3) is 11.9 Å². The van der Waals surface area contributed by atoms with Gasteiger partial charge in [0, 0.05) is 33.7 Å². The van der Waals surface area contributed by atoms with Crippen molar-refractivity contribution < 1.29 is 29.5 Å². The third-order valence-electron chi connectivity index (χ3n) is 3.01. The Labute approximate surface area is 102 Å². The van der Waals surface area contributed by atoms with Crippen LogP contribution in [0.2, 0.25) is 0 Å². The van der Waals surface area contributed by atoms with Gasteiger partial charge in [0.2, 0.25) is 0 Å². The Hall–Kier alpha value is -0.240. The second kappa shape index (κ2) is 7.25. The van der Waals surface area contributed by atoms with Crippen molar-refractivity contribution in [3.63, 3.8) is 0 Å². The zero-order valence-electron chi connectivity index (χ0n) is 11.0. The van der Waals surface area contributed by atoms with Crippen LogP contribution in [-0.4, -0.2) is 48.6 Å². The Morgan fingerprint density at radius 2 is 1.47 bits per heavy atom. The first-order valence-corrected chi connectivity index (χ1v) is 5.67. The average molecular weight is 252 g/mol. The molecule has 6 heteroatoms. The molecular weight excluding hydrogens is 228 g/mol. The molecule has 0 heterocycles. The minimum Gasteiger partial charge on any atom is -0.343 e. The van der Waals surface area contributed by atoms with Crippen LogP contribution in [0.5, 0.6) is 0 Å². The first-order chi connectivity index (χ1) is 7.85. The van der Waals surface area contributed by atoms with Crippen molar-refractivity contribution in [1.29, 1.82) is 0 Å². The van der Waals surface area contributed by atoms with Crippen molar-refractivity contribution in [3.05, 3.63) is 0 Å². The summed E-state index contributed by atoms with van der Waals surface area (Å²) in [5.41, 5.74) is 0. The van der Waals surface area contributed by atoms with Gasteiger partial charge < -0.3 is 29.5 Å². The molecular formula is C11H24O6. The predicted molar refractivity (Wildman–Crippen MR) is 60.8 cm³/mol. The smallest absolute Gasteiger partial charge is 0.282 e. The topological polar surface area (TPSA) is 88.4 Å². The molecule has 0 saturated heterocycles. The van der Waals surface area contributed by atoms with Crippen molar-refractivity contribution in [2.24, 2.45) is 5.92 Å². The summed E-state index contributed by atoms with van der Waals surface area (Å²) in [6.07, 6.45) is 1.89. The Balaban J connectivity index is 4.20. The van der Waals surface area contributed by atoms with E-state index in [0.717, 1.165) is 0 Å². The number of hydrogen-bond acceptors (Lipinski definition) is 6. The number of ether oxygens (including phenoxy) is 3. The molecule has 0 amide bonds. The van der Waals surface area contributed by atoms with E-state index in [1.165, 1.54) is 21.3 Å². The van der Waals surface area contributed by atoms with E-state index in [1.54, 1.807) is 6.92 Å². The predicted octanol–water partition coefficient (Wildman–Crippen LogP) is 0.407. The van der Waals surface area contributed by atoms with Crippen LogP contribution in [-0.2, 0) is 14.2 Å². The fourth-order valence-electron chi connectivity index (χ4n) is 1.79. The van der Waals surface area contributed by atoms with Crippen molar-refractivity contribution in [3.8, 4) is 0 Å². The molecule has 0 bridgehead atoms. The zero-order chi connectivity index (χ0) is 13.5. The fourth-order valence-corrected chi connectivity index (χ4v) is 1.79. The van der Waals surface area contributed by atoms with Gasteiger partial charge in [0.15, 0.2) is 0 Å². The maximum atomic E-state index is 9.10. The van der Waals surface area contributed by atoms with Gasteiger partial charge in [0.1, 0.15) is 0 Å². The van der Waals surface area contributed by atoms with Crippen molar-refractivity contribution in [1.82, 2.24) is 0 Å². The molecule has 17 heavy (non-hydrogen) atoms. The number of hydrogen-bond donors (Lipinski definition) is 3. The summed E-state index contributed by atoms with van der Waals surface area (Å²) in [5, 5.41) is 27.3. The average Bonchev–Trinajstić information content (AvgIpc) is 2.29. The molecule has 6 nitrogen and oxygen atoms in total. The van der Waals surface area contributed by atoms with Crippen LogP contribution in [0.4, 0.5) is 0 Å². The van der Waals surface area contributed by atoms with E-state index in [4.69, 9.17) is 29.5 Å². The molecule has 0 spiro atoms. The highest BCUT2D eigenvalue weighted by atomic mass is 16.9. The highest BCUT2D eigenvalue weighted by molar-refractivity contribution is 4.66. The first-order valence-electron chi connectivity index (χ1n) is 5.67. The van der Waals surface area contributed by atoms with E-state index in [0.29, 0.717) is 25.7 Å². The monoisotopic (exact) mass is 252 g/mol. The lowest BCUT2D eigenvalue weighted by atomic mass is 9.96. The van der Waals surface area contributed by atoms with E-state index < -0.39 is 17.9 Å². The maximum absolute atomic E-state index is 9.10. The van der Waals surface area contributed by atoms with E-state index in [2.05, 4.69) is 0 Å². The summed E-state index contributed by atoms with van der Waals surface area (Å²) in [6.45, 7) is 1.78. The molecule has 0 aliphatic carbocycles. The minimum absolute atomic E-state index is 0.428. The molecule has 0 aliphatic rings. The zero-order valence-corrected chi connectivity index (χ0v) is 11.0. The third kappa shape index (κ3) is 5.29. The Morgan fingerprint density at radius 3 is 1.76 bits per heavy atom. The van der Waals surface area contributed by atoms with Gasteiger partial charge in [-0.1, -0.05) is 6.92 Å². The van der Waals surface area contributed by atoms with Crippen molar-refractivity contribution in [2.45, 2.75) is 44.6 Å². The second-order valence-electron chi connectivity index (χ2n) is 3.98. The molecule has 104 valence electrons. The molecule has 1 atom stereocenters. The van der Waals surface area contributed by atoms with Gasteiger partial charge in [0.05, 0.1) is 0 Å². The summed E-state index contributed by atoms with van der Waals surface area (Å²) < 4.78 is 15.3. The van der Waals surface area contributed by atoms with Gasteiger partial charge in [-0.25, -0.2) is 0 Å². The lowest BCUT2D eigenvalue weighted by Gasteiger charge is -2.30. The van der Waals surface area contributed by atoms with Crippen molar-refractivity contribution >= 4 is 0 Å². The van der Waals surface area contributed by atoms with Gasteiger partial charge in [-0.3, -0.25) is 0 Å². The van der Waals surface area contributed by atoms with Gasteiger partial charge in [-0.2, -0.15) is 0 Å². The normalized spacial score (nSPS) is 15.0. The molecule has 0 aromatic heterocycles. The maximum Gasteiger partial charge on any atom is 0.282 e. The van der Waals surface area contributed by atoms with Crippen molar-refractivity contribution in [2.75, 3.05) is 21.3 Å². The van der Waals surface area contributed by atoms with Crippen LogP contribution in [0.15, 0.2) is 0 Å². The first kappa shape index (κ1) is 16.8. The summed E-state index contributed by atoms with van der Waals surface area (Å²) in [5.74, 6) is -4.35. The van der Waals surface area contributed by atoms with Crippen LogP contribution in [0, 0.1) is 5.92 Å². The molecule has 0 aliphatic heterocycles. The van der Waals surface area contributed by atoms with Crippen LogP contribution < -0.4 is 0 Å². The highest BCUT2D eigenvalue weighted by Gasteiger charge is 2.33. The summed E-state index contributed by atoms with van der Waals surface area (Å²) in [6, 6.07) is 0. The van der Waals surface area contributed by atoms with Crippen LogP contribution >= 0.6 is 0 Å². The lowest BCUT2D eigenvalue weighted by molar-refractivity contribution is -0.359. The van der Waals surface area contributed by atoms with E-state index in [-0.39, 0.29) is 0 Å². The van der Waals surface area contributed by atoms with Gasteiger partial charge in [-0.15, -0.1) is 0 Å². The lowest BCUT2D eigenvalue weighted by Crippen LogP contribution is -2.38. The number of methoxy groups -OCH3 is 3. The Bertz CT molecular complexity index is 188. The summed E-state index contributed by atoms with van der Waals surface area (Å²) in [7, 11) is 4.41. The van der Waals surface area contributed by atoms with E-state index >= 15 is 0 Å². The van der Waals surface area contributed by atoms with Gasteiger partial charge in [-0.05, 0) is 19.3 Å². The summed E-state index contributed by atoms with van der Waals surface area (Å²) >= 11 is 0. The quantitative estimate of drug-likeness (QED) is 0.515. The molecule has 0 radical (unpaired) electrons. The molecule has 0 aromatic carbocycles. The Kier molecular flexibility index (Phi) is 7.15. The molecule has 0 aromatic rings. The molecule has 1 unspecified atom stereocenters. The van der Waals surface area contributed by atoms with Crippen LogP contribution in [0.25, 0.3) is 0 Å². The number of rotatable bonds is 9. The standard InChI is InChI=1S/C11H24O6/c1-5-9(11(12,13)14)7-6-8-10(15-2,16-3)17-4/h9,12-14H,5-8H2,1-4H3. The second-order valence-corrected chi connectivity index (χ2v) is 3.98. The summed E-state index contributed by atoms with van der Waals surface area (Å²) in [4.78, 5) is 0. The van der Waals surface area contributed by atoms with Gasteiger partial charge >= 0.3 is 0 Å². The minimum atomic E-state index is -2.63. The molecule has 0 fully saturated rings. The molecule has 0 saturated carbocycles. The largest absolute Gasteiger partial charge is 0.343 e. The molecule has 0 rings (SSSR count). The Morgan fingerprint density at radius 1 is 1.00 bits per heavy atom. The van der Waals surface area contributed by atoms with Crippen LogP contribution in [0.3, 0.4) is 0 Å². The number of aliphatic hydroxyl groups is 3.